The van der Waals surface area contributed by atoms with Gasteiger partial charge in [0.05, 0.1) is 0 Å². The highest BCUT2D eigenvalue weighted by Crippen LogP contribution is 2.38. The van der Waals surface area contributed by atoms with Crippen LogP contribution in [0.1, 0.15) is 0 Å². The van der Waals surface area contributed by atoms with Crippen molar-refractivity contribution in [2.75, 3.05) is 0 Å². The van der Waals surface area contributed by atoms with E-state index in [1.807, 2.05) is 36.4 Å². The van der Waals surface area contributed by atoms with Crippen molar-refractivity contribution >= 4 is 51.2 Å². The molecule has 1 N–H and O–H groups in total. The fourth-order valence-corrected chi connectivity index (χ4v) is 3.44. The summed E-state index contributed by atoms with van der Waals surface area (Å²) in [5.74, 6) is 0.572. The normalized spacial score (nSPS) is 11.5. The Hall–Kier alpha value is -2.98. The maximum atomic E-state index is 8.87. The molecule has 5 rings (SSSR count). The average molecular weight is 311 g/mol. The minimum atomic E-state index is 0.572. The molecule has 0 aliphatic heterocycles. The van der Waals surface area contributed by atoms with Crippen LogP contribution in [-0.2, 0) is 0 Å². The van der Waals surface area contributed by atoms with Crippen molar-refractivity contribution in [2.24, 2.45) is 0 Å². The van der Waals surface area contributed by atoms with Gasteiger partial charge in [0, 0.05) is 16.2 Å². The van der Waals surface area contributed by atoms with Gasteiger partial charge in [0.25, 0.3) is 0 Å². The summed E-state index contributed by atoms with van der Waals surface area (Å²) in [5, 5.41) is 15.5. The second-order valence-electron chi connectivity index (χ2n) is 5.81. The van der Waals surface area contributed by atoms with E-state index < -0.39 is 0 Å². The molecule has 0 saturated carbocycles. The van der Waals surface area contributed by atoms with Crippen molar-refractivity contribution in [3.8, 4) is 5.75 Å². The molecule has 0 aliphatic rings. The van der Waals surface area contributed by atoms with Gasteiger partial charge in [-0.15, -0.1) is 0 Å². The van der Waals surface area contributed by atoms with E-state index in [1.165, 1.54) is 10.8 Å². The van der Waals surface area contributed by atoms with Crippen LogP contribution in [0.5, 0.6) is 5.75 Å². The molecule has 5 aromatic rings. The molecule has 24 heavy (non-hydrogen) atoms. The van der Waals surface area contributed by atoms with Gasteiger partial charge in [0.1, 0.15) is 16.9 Å². The maximum Gasteiger partial charge on any atom is 0.569 e. The van der Waals surface area contributed by atoms with Crippen molar-refractivity contribution in [1.82, 2.24) is 0 Å². The zero-order valence-corrected chi connectivity index (χ0v) is 12.7. The minimum Gasteiger partial charge on any atom is -0.537 e. The number of hydrogen-bond donors (Lipinski definition) is 1. The smallest absolute Gasteiger partial charge is 0.537 e. The fraction of sp³-hybridized carbons (Fsp3) is 0. The van der Waals surface area contributed by atoms with Crippen molar-refractivity contribution in [2.45, 2.75) is 0 Å². The highest BCUT2D eigenvalue weighted by atomic mass is 16.5. The fourth-order valence-electron chi connectivity index (χ4n) is 3.44. The monoisotopic (exact) mass is 311 g/mol. The van der Waals surface area contributed by atoms with Crippen LogP contribution in [-0.4, -0.2) is 12.7 Å². The van der Waals surface area contributed by atoms with Crippen LogP contribution in [0.3, 0.4) is 0 Å². The van der Waals surface area contributed by atoms with Crippen LogP contribution in [0, 0.1) is 0 Å². The molecule has 0 bridgehead atoms. The highest BCUT2D eigenvalue weighted by Gasteiger charge is 2.13. The lowest BCUT2D eigenvalue weighted by Crippen LogP contribution is -1.99. The lowest BCUT2D eigenvalue weighted by atomic mass is 10.0. The summed E-state index contributed by atoms with van der Waals surface area (Å²) in [5.41, 5.74) is 1.71. The van der Waals surface area contributed by atoms with Gasteiger partial charge in [-0.2, -0.15) is 0 Å². The first-order valence-corrected chi connectivity index (χ1v) is 7.74. The predicted molar refractivity (Wildman–Crippen MR) is 97.3 cm³/mol. The maximum absolute atomic E-state index is 8.87. The molecule has 0 aliphatic carbocycles. The molecule has 0 fully saturated rings. The Kier molecular flexibility index (Phi) is 2.81. The Bertz CT molecular complexity index is 1220. The number of fused-ring (bicyclic) bond motifs is 7. The van der Waals surface area contributed by atoms with Gasteiger partial charge in [-0.25, -0.2) is 0 Å². The van der Waals surface area contributed by atoms with Crippen LogP contribution in [0.4, 0.5) is 0 Å². The predicted octanol–water partition coefficient (Wildman–Crippen LogP) is 4.80. The van der Waals surface area contributed by atoms with E-state index in [2.05, 4.69) is 30.3 Å². The lowest BCUT2D eigenvalue weighted by molar-refractivity contribution is 0.454. The molecule has 4 aromatic carbocycles. The summed E-state index contributed by atoms with van der Waals surface area (Å²) >= 11 is 0. The summed E-state index contributed by atoms with van der Waals surface area (Å²) < 4.78 is 11.3. The molecule has 4 heteroatoms. The topological polar surface area (TPSA) is 42.6 Å². The van der Waals surface area contributed by atoms with Gasteiger partial charge >= 0.3 is 7.69 Å². The van der Waals surface area contributed by atoms with Gasteiger partial charge in [0.2, 0.25) is 0 Å². The molecule has 113 valence electrons. The number of benzene rings is 4. The molecule has 0 amide bonds. The summed E-state index contributed by atoms with van der Waals surface area (Å²) in [4.78, 5) is 0. The zero-order chi connectivity index (χ0) is 16.1. The molecule has 0 saturated heterocycles. The number of rotatable bonds is 2. The van der Waals surface area contributed by atoms with Crippen LogP contribution in [0.15, 0.2) is 71.1 Å². The number of furan rings is 1. The molecule has 1 aromatic heterocycles. The van der Waals surface area contributed by atoms with Gasteiger partial charge in [0.15, 0.2) is 0 Å². The van der Waals surface area contributed by atoms with E-state index >= 15 is 0 Å². The third-order valence-electron chi connectivity index (χ3n) is 4.50. The molecule has 0 atom stereocenters. The third-order valence-corrected chi connectivity index (χ3v) is 4.50. The lowest BCUT2D eigenvalue weighted by Gasteiger charge is -2.04. The summed E-state index contributed by atoms with van der Waals surface area (Å²) in [6, 6.07) is 22.3. The van der Waals surface area contributed by atoms with Crippen LogP contribution < -0.4 is 4.65 Å². The Balaban J connectivity index is 1.96. The minimum absolute atomic E-state index is 0.572. The zero-order valence-electron chi connectivity index (χ0n) is 12.7. The first-order chi connectivity index (χ1) is 11.8. The quantitative estimate of drug-likeness (QED) is 0.476. The average Bonchev–Trinajstić information content (AvgIpc) is 3.01. The second-order valence-corrected chi connectivity index (χ2v) is 5.81. The van der Waals surface area contributed by atoms with Gasteiger partial charge in [-0.05, 0) is 40.4 Å². The van der Waals surface area contributed by atoms with E-state index in [0.29, 0.717) is 13.4 Å². The van der Waals surface area contributed by atoms with Crippen LogP contribution in [0.25, 0.3) is 43.5 Å². The summed E-state index contributed by atoms with van der Waals surface area (Å²) in [6.07, 6.45) is 0. The van der Waals surface area contributed by atoms with E-state index in [0.717, 1.165) is 32.7 Å². The van der Waals surface area contributed by atoms with E-state index in [9.17, 15) is 0 Å². The number of hydrogen-bond acceptors (Lipinski definition) is 3. The SMILES string of the molecule is O[B]Oc1ccc2ccc3c(oc4ccc5ccccc5c43)c2c1. The summed E-state index contributed by atoms with van der Waals surface area (Å²) in [7, 11) is 0.688. The van der Waals surface area contributed by atoms with Crippen molar-refractivity contribution in [1.29, 1.82) is 0 Å². The van der Waals surface area contributed by atoms with Crippen molar-refractivity contribution < 1.29 is 14.1 Å². The van der Waals surface area contributed by atoms with Crippen LogP contribution in [0.2, 0.25) is 0 Å². The van der Waals surface area contributed by atoms with E-state index in [4.69, 9.17) is 14.1 Å². The Labute approximate surface area is 138 Å². The Morgan fingerprint density at radius 3 is 2.50 bits per heavy atom. The molecule has 0 spiro atoms. The Morgan fingerprint density at radius 2 is 1.58 bits per heavy atom. The summed E-state index contributed by atoms with van der Waals surface area (Å²) in [6.45, 7) is 0. The standard InChI is InChI=1S/C20H12BO3/c22-21-24-14-8-5-13-6-9-16-19-15-4-2-1-3-12(15)7-10-18(19)23-20(16)17(13)11-14/h1-11,22H. The molecule has 3 nitrogen and oxygen atoms in total. The first-order valence-electron chi connectivity index (χ1n) is 7.74. The van der Waals surface area contributed by atoms with Crippen LogP contribution >= 0.6 is 0 Å². The Morgan fingerprint density at radius 1 is 0.792 bits per heavy atom. The molecular weight excluding hydrogens is 299 g/mol. The van der Waals surface area contributed by atoms with Crippen molar-refractivity contribution in [3.63, 3.8) is 0 Å². The molecular formula is C20H12BO3. The molecule has 1 heterocycles. The third kappa shape index (κ3) is 1.84. The van der Waals surface area contributed by atoms with Gasteiger partial charge in [-0.3, -0.25) is 0 Å². The van der Waals surface area contributed by atoms with E-state index in [1.54, 1.807) is 0 Å². The first kappa shape index (κ1) is 13.5. The van der Waals surface area contributed by atoms with E-state index in [-0.39, 0.29) is 0 Å². The molecule has 1 radical (unpaired) electrons. The largest absolute Gasteiger partial charge is 0.569 e. The molecule has 0 unspecified atom stereocenters. The second kappa shape index (κ2) is 5.01. The van der Waals surface area contributed by atoms with Gasteiger partial charge < -0.3 is 14.1 Å². The van der Waals surface area contributed by atoms with Gasteiger partial charge in [-0.1, -0.05) is 42.5 Å². The highest BCUT2D eigenvalue weighted by molar-refractivity contribution is 6.23. The van der Waals surface area contributed by atoms with Crippen molar-refractivity contribution in [3.05, 3.63) is 66.7 Å².